The second kappa shape index (κ2) is 21.2. The molecule has 0 aromatic heterocycles. The number of hydrogen-bond donors (Lipinski definition) is 4. The van der Waals surface area contributed by atoms with E-state index >= 15 is 0 Å². The number of carbonyl (C=O) groups is 2. The minimum atomic E-state index is -0.694. The third kappa shape index (κ3) is 14.2. The number of aliphatic hydroxyl groups excluding tert-OH is 1. The lowest BCUT2D eigenvalue weighted by atomic mass is 9.77. The van der Waals surface area contributed by atoms with Crippen LogP contribution in [0.2, 0.25) is 0 Å². The summed E-state index contributed by atoms with van der Waals surface area (Å²) in [5.74, 6) is 35.3. The van der Waals surface area contributed by atoms with Gasteiger partial charge in [-0.1, -0.05) is 19.8 Å². The van der Waals surface area contributed by atoms with E-state index in [1.165, 1.54) is 0 Å². The van der Waals surface area contributed by atoms with Gasteiger partial charge in [-0.05, 0) is 95.7 Å². The summed E-state index contributed by atoms with van der Waals surface area (Å²) in [5, 5.41) is 14.4. The number of nitrogens with two attached hydrogens (primary N) is 1. The topological polar surface area (TPSA) is 104 Å². The quantitative estimate of drug-likeness (QED) is 0.327. The number of amides is 2. The monoisotopic (exact) mass is 465 g/mol. The first kappa shape index (κ1) is 30.3. The molecular formula is C29H27N3O3. The summed E-state index contributed by atoms with van der Waals surface area (Å²) in [4.78, 5) is 25.5. The third-order valence-electron chi connectivity index (χ3n) is 4.32. The maximum Gasteiger partial charge on any atom is 0.225 e. The molecule has 0 saturated heterocycles. The van der Waals surface area contributed by atoms with Crippen LogP contribution in [0.25, 0.3) is 0 Å². The van der Waals surface area contributed by atoms with Crippen LogP contribution >= 0.6 is 0 Å². The summed E-state index contributed by atoms with van der Waals surface area (Å²) in [5.41, 5.74) is 5.50. The van der Waals surface area contributed by atoms with Crippen LogP contribution in [0.4, 0.5) is 0 Å². The van der Waals surface area contributed by atoms with E-state index in [0.717, 1.165) is 0 Å². The molecule has 3 atom stereocenters. The fraction of sp³-hybridized carbons (Fsp3) is 0.379. The second-order valence-corrected chi connectivity index (χ2v) is 6.56. The van der Waals surface area contributed by atoms with Gasteiger partial charge in [0.15, 0.2) is 0 Å². The summed E-state index contributed by atoms with van der Waals surface area (Å²) in [6, 6.07) is 0. The van der Waals surface area contributed by atoms with Crippen molar-refractivity contribution >= 4 is 11.8 Å². The minimum Gasteiger partial charge on any atom is -0.395 e. The molecule has 3 unspecified atom stereocenters. The average molecular weight is 466 g/mol. The molecule has 176 valence electrons. The Morgan fingerprint density at radius 2 is 1.26 bits per heavy atom. The molecule has 6 heteroatoms. The lowest BCUT2D eigenvalue weighted by Gasteiger charge is -2.28. The van der Waals surface area contributed by atoms with Crippen LogP contribution in [0.3, 0.4) is 0 Å². The highest BCUT2D eigenvalue weighted by Gasteiger charge is 2.36. The van der Waals surface area contributed by atoms with E-state index in [4.69, 9.17) is 17.3 Å². The molecule has 0 aliphatic rings. The first-order valence-electron chi connectivity index (χ1n) is 10.9. The molecule has 2 amide bonds. The van der Waals surface area contributed by atoms with Crippen LogP contribution in [0.15, 0.2) is 0 Å². The Morgan fingerprint density at radius 3 is 1.69 bits per heavy atom. The van der Waals surface area contributed by atoms with E-state index in [2.05, 4.69) is 99.4 Å². The van der Waals surface area contributed by atoms with Gasteiger partial charge in [-0.15, -0.1) is 6.42 Å². The second-order valence-electron chi connectivity index (χ2n) is 6.56. The number of carbonyl (C=O) groups excluding carboxylic acids is 2. The van der Waals surface area contributed by atoms with E-state index in [-0.39, 0.29) is 31.5 Å². The van der Waals surface area contributed by atoms with Crippen LogP contribution in [-0.4, -0.2) is 43.2 Å². The summed E-state index contributed by atoms with van der Waals surface area (Å²) in [6.07, 6.45) is 5.91. The molecule has 5 N–H and O–H groups in total. The summed E-state index contributed by atoms with van der Waals surface area (Å²) in [6.45, 7) is 4.21. The number of nitrogens with one attached hydrogen (secondary N) is 2. The number of terminal acetylenes is 1. The van der Waals surface area contributed by atoms with E-state index in [1.54, 1.807) is 0 Å². The maximum absolute atomic E-state index is 12.9. The van der Waals surface area contributed by atoms with Gasteiger partial charge < -0.3 is 21.5 Å². The fourth-order valence-corrected chi connectivity index (χ4v) is 2.83. The van der Waals surface area contributed by atoms with Crippen LogP contribution in [-0.2, 0) is 9.59 Å². The van der Waals surface area contributed by atoms with Crippen molar-refractivity contribution in [3.05, 3.63) is 0 Å². The smallest absolute Gasteiger partial charge is 0.225 e. The van der Waals surface area contributed by atoms with Gasteiger partial charge in [0.05, 0.1) is 18.4 Å². The van der Waals surface area contributed by atoms with Gasteiger partial charge in [0.25, 0.3) is 0 Å². The molecule has 0 spiro atoms. The Balaban J connectivity index is 5.50. The highest BCUT2D eigenvalue weighted by molar-refractivity contribution is 5.88. The molecule has 0 radical (unpaired) electrons. The van der Waals surface area contributed by atoms with Gasteiger partial charge in [-0.25, -0.2) is 0 Å². The predicted octanol–water partition coefficient (Wildman–Crippen LogP) is -0.505. The zero-order valence-electron chi connectivity index (χ0n) is 19.9. The van der Waals surface area contributed by atoms with Crippen LogP contribution in [0.1, 0.15) is 26.7 Å². The molecule has 0 aliphatic heterocycles. The Morgan fingerprint density at radius 1 is 0.771 bits per heavy atom. The normalized spacial score (nSPS) is 10.4. The van der Waals surface area contributed by atoms with Crippen molar-refractivity contribution in [3.63, 3.8) is 0 Å². The van der Waals surface area contributed by atoms with Gasteiger partial charge in [0.1, 0.15) is 0 Å². The summed E-state index contributed by atoms with van der Waals surface area (Å²) in [7, 11) is 0. The first-order chi connectivity index (χ1) is 17.1. The fourth-order valence-electron chi connectivity index (χ4n) is 2.83. The molecule has 0 aliphatic carbocycles. The SMILES string of the molecule is C#CC#CC#CC#CC#CC#CC#CC#CC(CC)C(C(=O)NCCN)C(CC)C(=O)NCCO. The molecule has 0 aromatic rings. The lowest BCUT2D eigenvalue weighted by Crippen LogP contribution is -2.46. The highest BCUT2D eigenvalue weighted by atomic mass is 16.3. The van der Waals surface area contributed by atoms with Gasteiger partial charge in [0, 0.05) is 25.6 Å². The Hall–Kier alpha value is -4.66. The van der Waals surface area contributed by atoms with E-state index in [0.29, 0.717) is 19.4 Å². The predicted molar refractivity (Wildman–Crippen MR) is 136 cm³/mol. The number of rotatable bonds is 10. The summed E-state index contributed by atoms with van der Waals surface area (Å²) >= 11 is 0. The molecule has 0 fully saturated rings. The van der Waals surface area contributed by atoms with E-state index in [1.807, 2.05) is 13.8 Å². The lowest BCUT2D eigenvalue weighted by molar-refractivity contribution is -0.136. The van der Waals surface area contributed by atoms with Crippen molar-refractivity contribution in [1.29, 1.82) is 0 Å². The van der Waals surface area contributed by atoms with E-state index < -0.39 is 17.8 Å². The maximum atomic E-state index is 12.9. The first-order valence-corrected chi connectivity index (χ1v) is 10.9. The Bertz CT molecular complexity index is 1210. The van der Waals surface area contributed by atoms with Crippen LogP contribution in [0, 0.1) is 113 Å². The third-order valence-corrected chi connectivity index (χ3v) is 4.32. The van der Waals surface area contributed by atoms with Gasteiger partial charge in [-0.3, -0.25) is 9.59 Å². The Labute approximate surface area is 209 Å². The molecule has 35 heavy (non-hydrogen) atoms. The summed E-state index contributed by atoms with van der Waals surface area (Å²) < 4.78 is 0. The number of hydrogen-bond acceptors (Lipinski definition) is 4. The highest BCUT2D eigenvalue weighted by Crippen LogP contribution is 2.27. The minimum absolute atomic E-state index is 0.113. The molecule has 0 aromatic carbocycles. The van der Waals surface area contributed by atoms with Gasteiger partial charge >= 0.3 is 0 Å². The van der Waals surface area contributed by atoms with Crippen LogP contribution in [0.5, 0.6) is 0 Å². The van der Waals surface area contributed by atoms with Crippen LogP contribution < -0.4 is 16.4 Å². The van der Waals surface area contributed by atoms with Crippen molar-refractivity contribution in [2.75, 3.05) is 26.2 Å². The van der Waals surface area contributed by atoms with Gasteiger partial charge in [0.2, 0.25) is 11.8 Å². The molecule has 0 bridgehead atoms. The number of aliphatic hydroxyl groups is 1. The Kier molecular flexibility index (Phi) is 18.4. The standard InChI is InChI=1S/C29H27N3O3/c1-4-7-8-9-10-11-12-13-14-15-16-17-18-19-20-25(5-2)27(29(35)31-22-21-30)26(6-3)28(34)32-23-24-33/h1,25-27,33H,5-6,21-24,30H2,2-3H3,(H,31,35)(H,32,34). The molecule has 0 saturated carbocycles. The zero-order chi connectivity index (χ0) is 26.2. The molecule has 0 heterocycles. The van der Waals surface area contributed by atoms with Gasteiger partial charge in [-0.2, -0.15) is 0 Å². The van der Waals surface area contributed by atoms with Crippen molar-refractivity contribution in [3.8, 4) is 95.2 Å². The van der Waals surface area contributed by atoms with E-state index in [9.17, 15) is 9.59 Å². The molecule has 6 nitrogen and oxygen atoms in total. The van der Waals surface area contributed by atoms with Crippen molar-refractivity contribution in [1.82, 2.24) is 10.6 Å². The van der Waals surface area contributed by atoms with Crippen molar-refractivity contribution in [2.45, 2.75) is 26.7 Å². The molecule has 0 rings (SSSR count). The zero-order valence-corrected chi connectivity index (χ0v) is 19.9. The average Bonchev–Trinajstić information content (AvgIpc) is 2.87. The largest absolute Gasteiger partial charge is 0.395 e. The van der Waals surface area contributed by atoms with Crippen molar-refractivity contribution < 1.29 is 14.7 Å². The molecular weight excluding hydrogens is 438 g/mol. The van der Waals surface area contributed by atoms with Crippen molar-refractivity contribution in [2.24, 2.45) is 23.5 Å².